The molecule has 0 unspecified atom stereocenters. The van der Waals surface area contributed by atoms with Gasteiger partial charge in [-0.05, 0) is 49.4 Å². The van der Waals surface area contributed by atoms with Crippen LogP contribution in [0.4, 0.5) is 0 Å². The van der Waals surface area contributed by atoms with Crippen molar-refractivity contribution >= 4 is 5.91 Å². The molecule has 1 N–H and O–H groups in total. The number of hydrogen-bond donors (Lipinski definition) is 1. The molecule has 1 aliphatic heterocycles. The molecule has 0 fully saturated rings. The standard InChI is InChI=1S/C20H23NO5/c1-2-23-16-5-7-17(8-6-16)24-13-10-21-20(22)15-4-9-18-19(14-15)26-12-3-11-25-18/h4-9,14H,2-3,10-13H2,1H3,(H,21,22). The van der Waals surface area contributed by atoms with Crippen molar-refractivity contribution in [2.24, 2.45) is 0 Å². The quantitative estimate of drug-likeness (QED) is 0.772. The van der Waals surface area contributed by atoms with Crippen molar-refractivity contribution in [1.82, 2.24) is 5.32 Å². The number of ether oxygens (including phenoxy) is 4. The van der Waals surface area contributed by atoms with Crippen molar-refractivity contribution in [3.63, 3.8) is 0 Å². The Kier molecular flexibility index (Phi) is 6.19. The summed E-state index contributed by atoms with van der Waals surface area (Å²) >= 11 is 0. The van der Waals surface area contributed by atoms with Crippen LogP contribution in [0.2, 0.25) is 0 Å². The Bertz CT molecular complexity index is 729. The average molecular weight is 357 g/mol. The van der Waals surface area contributed by atoms with E-state index in [1.807, 2.05) is 31.2 Å². The maximum Gasteiger partial charge on any atom is 0.251 e. The second-order valence-corrected chi connectivity index (χ2v) is 5.72. The molecule has 0 saturated heterocycles. The van der Waals surface area contributed by atoms with Gasteiger partial charge in [0.05, 0.1) is 26.4 Å². The monoisotopic (exact) mass is 357 g/mol. The summed E-state index contributed by atoms with van der Waals surface area (Å²) < 4.78 is 22.2. The summed E-state index contributed by atoms with van der Waals surface area (Å²) in [4.78, 5) is 12.3. The van der Waals surface area contributed by atoms with E-state index in [1.54, 1.807) is 18.2 Å². The molecule has 6 heteroatoms. The lowest BCUT2D eigenvalue weighted by molar-refractivity contribution is 0.0946. The first kappa shape index (κ1) is 17.9. The Hall–Kier alpha value is -2.89. The molecule has 0 aromatic heterocycles. The molecule has 138 valence electrons. The number of rotatable bonds is 7. The van der Waals surface area contributed by atoms with Crippen molar-refractivity contribution in [2.75, 3.05) is 33.0 Å². The van der Waals surface area contributed by atoms with Crippen LogP contribution in [-0.2, 0) is 0 Å². The molecule has 0 saturated carbocycles. The summed E-state index contributed by atoms with van der Waals surface area (Å²) in [5.41, 5.74) is 0.537. The third-order valence-corrected chi connectivity index (χ3v) is 3.80. The smallest absolute Gasteiger partial charge is 0.251 e. The van der Waals surface area contributed by atoms with Gasteiger partial charge >= 0.3 is 0 Å². The second kappa shape index (κ2) is 8.99. The predicted molar refractivity (Wildman–Crippen MR) is 97.5 cm³/mol. The van der Waals surface area contributed by atoms with E-state index >= 15 is 0 Å². The number of carbonyl (C=O) groups is 1. The van der Waals surface area contributed by atoms with Gasteiger partial charge in [0.1, 0.15) is 18.1 Å². The molecular formula is C20H23NO5. The maximum atomic E-state index is 12.3. The van der Waals surface area contributed by atoms with Gasteiger partial charge in [-0.25, -0.2) is 0 Å². The Morgan fingerprint density at radius 1 is 1.00 bits per heavy atom. The van der Waals surface area contributed by atoms with E-state index in [4.69, 9.17) is 18.9 Å². The van der Waals surface area contributed by atoms with Gasteiger partial charge in [0.15, 0.2) is 11.5 Å². The number of fused-ring (bicyclic) bond motifs is 1. The van der Waals surface area contributed by atoms with Crippen LogP contribution < -0.4 is 24.3 Å². The number of amides is 1. The van der Waals surface area contributed by atoms with Crippen LogP contribution in [0, 0.1) is 0 Å². The molecule has 1 heterocycles. The van der Waals surface area contributed by atoms with Crippen LogP contribution in [0.3, 0.4) is 0 Å². The molecule has 0 radical (unpaired) electrons. The maximum absolute atomic E-state index is 12.3. The minimum absolute atomic E-state index is 0.170. The Morgan fingerprint density at radius 2 is 1.69 bits per heavy atom. The highest BCUT2D eigenvalue weighted by Crippen LogP contribution is 2.30. The van der Waals surface area contributed by atoms with Gasteiger partial charge in [-0.1, -0.05) is 0 Å². The average Bonchev–Trinajstić information content (AvgIpc) is 2.91. The highest BCUT2D eigenvalue weighted by Gasteiger charge is 2.13. The summed E-state index contributed by atoms with van der Waals surface area (Å²) in [6.07, 6.45) is 0.832. The van der Waals surface area contributed by atoms with Crippen LogP contribution >= 0.6 is 0 Å². The molecule has 2 aromatic carbocycles. The summed E-state index contributed by atoms with van der Waals surface area (Å²) in [6.45, 7) is 4.57. The molecule has 0 bridgehead atoms. The summed E-state index contributed by atoms with van der Waals surface area (Å²) in [5.74, 6) is 2.66. The van der Waals surface area contributed by atoms with Crippen LogP contribution in [0.15, 0.2) is 42.5 Å². The number of carbonyl (C=O) groups excluding carboxylic acids is 1. The topological polar surface area (TPSA) is 66.0 Å². The zero-order valence-electron chi connectivity index (χ0n) is 14.8. The fraction of sp³-hybridized carbons (Fsp3) is 0.350. The van der Waals surface area contributed by atoms with Crippen molar-refractivity contribution in [2.45, 2.75) is 13.3 Å². The van der Waals surface area contributed by atoms with E-state index in [0.717, 1.165) is 17.9 Å². The number of nitrogens with one attached hydrogen (secondary N) is 1. The SMILES string of the molecule is CCOc1ccc(OCCNC(=O)c2ccc3c(c2)OCCCO3)cc1. The first-order valence-corrected chi connectivity index (χ1v) is 8.80. The third-order valence-electron chi connectivity index (χ3n) is 3.80. The molecule has 0 aliphatic carbocycles. The molecule has 0 atom stereocenters. The molecule has 6 nitrogen and oxygen atoms in total. The van der Waals surface area contributed by atoms with Gasteiger partial charge in [0, 0.05) is 12.0 Å². The molecule has 1 amide bonds. The van der Waals surface area contributed by atoms with E-state index in [1.165, 1.54) is 0 Å². The van der Waals surface area contributed by atoms with Crippen LogP contribution in [0.5, 0.6) is 23.0 Å². The van der Waals surface area contributed by atoms with Gasteiger partial charge in [-0.2, -0.15) is 0 Å². The summed E-state index contributed by atoms with van der Waals surface area (Å²) in [7, 11) is 0. The zero-order chi connectivity index (χ0) is 18.2. The summed E-state index contributed by atoms with van der Waals surface area (Å²) in [6, 6.07) is 12.6. The highest BCUT2D eigenvalue weighted by atomic mass is 16.5. The third kappa shape index (κ3) is 4.81. The lowest BCUT2D eigenvalue weighted by Crippen LogP contribution is -2.28. The second-order valence-electron chi connectivity index (χ2n) is 5.72. The minimum atomic E-state index is -0.170. The minimum Gasteiger partial charge on any atom is -0.494 e. The lowest BCUT2D eigenvalue weighted by atomic mass is 10.2. The fourth-order valence-corrected chi connectivity index (χ4v) is 2.54. The highest BCUT2D eigenvalue weighted by molar-refractivity contribution is 5.94. The predicted octanol–water partition coefficient (Wildman–Crippen LogP) is 3.06. The van der Waals surface area contributed by atoms with E-state index in [2.05, 4.69) is 5.32 Å². The molecule has 26 heavy (non-hydrogen) atoms. The van der Waals surface area contributed by atoms with Crippen LogP contribution in [0.1, 0.15) is 23.7 Å². The van der Waals surface area contributed by atoms with Crippen molar-refractivity contribution in [3.05, 3.63) is 48.0 Å². The van der Waals surface area contributed by atoms with Crippen LogP contribution in [0.25, 0.3) is 0 Å². The number of hydrogen-bond acceptors (Lipinski definition) is 5. The molecule has 2 aromatic rings. The van der Waals surface area contributed by atoms with E-state index in [-0.39, 0.29) is 5.91 Å². The first-order valence-electron chi connectivity index (χ1n) is 8.80. The van der Waals surface area contributed by atoms with Crippen molar-refractivity contribution < 1.29 is 23.7 Å². The van der Waals surface area contributed by atoms with Crippen molar-refractivity contribution in [1.29, 1.82) is 0 Å². The fourth-order valence-electron chi connectivity index (χ4n) is 2.54. The zero-order valence-corrected chi connectivity index (χ0v) is 14.8. The Labute approximate surface area is 153 Å². The van der Waals surface area contributed by atoms with Gasteiger partial charge in [-0.3, -0.25) is 4.79 Å². The molecule has 0 spiro atoms. The van der Waals surface area contributed by atoms with Gasteiger partial charge < -0.3 is 24.3 Å². The van der Waals surface area contributed by atoms with Gasteiger partial charge in [-0.15, -0.1) is 0 Å². The molecule has 3 rings (SSSR count). The Balaban J connectivity index is 1.46. The normalized spacial score (nSPS) is 12.8. The van der Waals surface area contributed by atoms with E-state index in [0.29, 0.717) is 50.0 Å². The Morgan fingerprint density at radius 3 is 2.42 bits per heavy atom. The van der Waals surface area contributed by atoms with E-state index in [9.17, 15) is 4.79 Å². The summed E-state index contributed by atoms with van der Waals surface area (Å²) in [5, 5.41) is 2.84. The lowest BCUT2D eigenvalue weighted by Gasteiger charge is -2.11. The van der Waals surface area contributed by atoms with Gasteiger partial charge in [0.2, 0.25) is 0 Å². The van der Waals surface area contributed by atoms with E-state index < -0.39 is 0 Å². The van der Waals surface area contributed by atoms with Crippen molar-refractivity contribution in [3.8, 4) is 23.0 Å². The van der Waals surface area contributed by atoms with Gasteiger partial charge in [0.25, 0.3) is 5.91 Å². The molecular weight excluding hydrogens is 334 g/mol. The molecule has 1 aliphatic rings. The first-order chi connectivity index (χ1) is 12.8. The largest absolute Gasteiger partial charge is 0.494 e. The number of benzene rings is 2. The van der Waals surface area contributed by atoms with Crippen LogP contribution in [-0.4, -0.2) is 38.9 Å².